The maximum Gasteiger partial charge on any atom is 0.256 e. The fourth-order valence-electron chi connectivity index (χ4n) is 3.09. The quantitative estimate of drug-likeness (QED) is 0.646. The minimum absolute atomic E-state index is 0.0715. The number of nitrogens with zero attached hydrogens (tertiary/aromatic N) is 3. The highest BCUT2D eigenvalue weighted by molar-refractivity contribution is 7.79. The van der Waals surface area contributed by atoms with E-state index < -0.39 is 11.1 Å². The number of nitrogens with one attached hydrogen (secondary N) is 1. The van der Waals surface area contributed by atoms with Gasteiger partial charge in [0, 0.05) is 30.4 Å². The first kappa shape index (κ1) is 18.3. The number of hydrogen-bond donors (Lipinski definition) is 1. The van der Waals surface area contributed by atoms with Crippen molar-refractivity contribution in [3.05, 3.63) is 83.3 Å². The van der Waals surface area contributed by atoms with Crippen molar-refractivity contribution in [3.8, 4) is 0 Å². The average molecular weight is 393 g/mol. The van der Waals surface area contributed by atoms with Gasteiger partial charge in [0.05, 0.1) is 17.8 Å². The molecule has 1 aliphatic rings. The zero-order valence-electron chi connectivity index (χ0n) is 14.9. The summed E-state index contributed by atoms with van der Waals surface area (Å²) in [7, 11) is 0. The molecule has 2 aromatic heterocycles. The van der Waals surface area contributed by atoms with Gasteiger partial charge >= 0.3 is 0 Å². The molecule has 3 aromatic rings. The second-order valence-corrected chi connectivity index (χ2v) is 7.39. The molecule has 1 N–H and O–H groups in total. The van der Waals surface area contributed by atoms with Gasteiger partial charge in [-0.05, 0) is 52.5 Å². The molecule has 0 bridgehead atoms. The highest BCUT2D eigenvalue weighted by atomic mass is 32.2. The maximum atomic E-state index is 12.6. The van der Waals surface area contributed by atoms with Crippen LogP contribution in [-0.2, 0) is 30.7 Å². The molecule has 28 heavy (non-hydrogen) atoms. The summed E-state index contributed by atoms with van der Waals surface area (Å²) in [4.78, 5) is 23.2. The van der Waals surface area contributed by atoms with Crippen molar-refractivity contribution >= 4 is 22.8 Å². The smallest absolute Gasteiger partial charge is 0.256 e. The van der Waals surface area contributed by atoms with Crippen LogP contribution in [0, 0.1) is 0 Å². The van der Waals surface area contributed by atoms with E-state index in [0.717, 1.165) is 16.8 Å². The number of aromatic nitrogens is 2. The zero-order valence-corrected chi connectivity index (χ0v) is 15.7. The van der Waals surface area contributed by atoms with Crippen molar-refractivity contribution in [1.29, 1.82) is 0 Å². The van der Waals surface area contributed by atoms with Gasteiger partial charge in [-0.2, -0.15) is 0 Å². The molecule has 0 saturated heterocycles. The van der Waals surface area contributed by atoms with Gasteiger partial charge in [0.15, 0.2) is 0 Å². The summed E-state index contributed by atoms with van der Waals surface area (Å²) < 4.78 is 21.9. The van der Waals surface area contributed by atoms with Crippen LogP contribution in [0.5, 0.6) is 0 Å². The van der Waals surface area contributed by atoms with Crippen LogP contribution in [0.1, 0.15) is 27.2 Å². The normalized spacial score (nSPS) is 14.0. The Labute approximate surface area is 164 Å². The van der Waals surface area contributed by atoms with Crippen LogP contribution in [0.3, 0.4) is 0 Å². The lowest BCUT2D eigenvalue weighted by Crippen LogP contribution is -2.23. The molecule has 1 unspecified atom stereocenters. The number of carbonyl (C=O) groups is 1. The Hall–Kier alpha value is -3.10. The van der Waals surface area contributed by atoms with Crippen LogP contribution < -0.4 is 5.32 Å². The first-order chi connectivity index (χ1) is 13.6. The van der Waals surface area contributed by atoms with Gasteiger partial charge in [0.1, 0.15) is 5.82 Å². The molecule has 8 heteroatoms. The van der Waals surface area contributed by atoms with Crippen LogP contribution in [0.2, 0.25) is 0 Å². The Morgan fingerprint density at radius 1 is 1.11 bits per heavy atom. The van der Waals surface area contributed by atoms with Crippen LogP contribution in [0.4, 0.5) is 5.82 Å². The lowest BCUT2D eigenvalue weighted by atomic mass is 10.2. The third-order valence-corrected chi connectivity index (χ3v) is 5.18. The van der Waals surface area contributed by atoms with E-state index in [0.29, 0.717) is 31.0 Å². The van der Waals surface area contributed by atoms with Crippen molar-refractivity contribution in [2.75, 3.05) is 5.32 Å². The molecule has 7 nitrogen and oxygen atoms in total. The Morgan fingerprint density at radius 2 is 1.93 bits per heavy atom. The summed E-state index contributed by atoms with van der Waals surface area (Å²) in [5, 5.41) is 3.25. The van der Waals surface area contributed by atoms with Gasteiger partial charge in [-0.1, -0.05) is 18.2 Å². The number of benzene rings is 1. The summed E-state index contributed by atoms with van der Waals surface area (Å²) in [5.41, 5.74) is 3.25. The van der Waals surface area contributed by atoms with Gasteiger partial charge < -0.3 is 14.8 Å². The van der Waals surface area contributed by atoms with E-state index >= 15 is 0 Å². The molecule has 1 aliphatic heterocycles. The van der Waals surface area contributed by atoms with E-state index in [4.69, 9.17) is 0 Å². The van der Waals surface area contributed by atoms with Gasteiger partial charge in [-0.3, -0.25) is 14.0 Å². The minimum atomic E-state index is -2.25. The van der Waals surface area contributed by atoms with E-state index in [1.807, 2.05) is 12.1 Å². The van der Waals surface area contributed by atoms with Crippen molar-refractivity contribution in [3.63, 3.8) is 0 Å². The predicted molar refractivity (Wildman–Crippen MR) is 103 cm³/mol. The first-order valence-electron chi connectivity index (χ1n) is 8.70. The van der Waals surface area contributed by atoms with Gasteiger partial charge in [-0.25, -0.2) is 4.98 Å². The fourth-order valence-corrected chi connectivity index (χ4v) is 3.45. The highest BCUT2D eigenvalue weighted by Gasteiger charge is 2.28. The van der Waals surface area contributed by atoms with Crippen molar-refractivity contribution in [2.24, 2.45) is 0 Å². The highest BCUT2D eigenvalue weighted by Crippen LogP contribution is 2.25. The number of hydrogen-bond acceptors (Lipinski definition) is 6. The SMILES string of the molecule is O=C1c2ccc(NCc3cccnc3)nc2CN1Cc1ccc(S(=O)[O-])cc1. The molecular weight excluding hydrogens is 376 g/mol. The molecule has 0 radical (unpaired) electrons. The van der Waals surface area contributed by atoms with Crippen LogP contribution >= 0.6 is 0 Å². The molecule has 3 heterocycles. The van der Waals surface area contributed by atoms with Crippen molar-refractivity contribution in [2.45, 2.75) is 24.5 Å². The molecule has 1 aromatic carbocycles. The molecule has 4 rings (SSSR count). The van der Waals surface area contributed by atoms with Gasteiger partial charge in [0.2, 0.25) is 0 Å². The number of anilines is 1. The second-order valence-electron chi connectivity index (χ2n) is 6.45. The summed E-state index contributed by atoms with van der Waals surface area (Å²) in [6.45, 7) is 1.43. The van der Waals surface area contributed by atoms with Crippen molar-refractivity contribution in [1.82, 2.24) is 14.9 Å². The molecule has 0 saturated carbocycles. The monoisotopic (exact) mass is 393 g/mol. The summed E-state index contributed by atoms with van der Waals surface area (Å²) in [6, 6.07) is 14.0. The second kappa shape index (κ2) is 7.87. The van der Waals surface area contributed by atoms with E-state index in [-0.39, 0.29) is 10.8 Å². The lowest BCUT2D eigenvalue weighted by molar-refractivity contribution is 0.0766. The Bertz CT molecular complexity index is 1030. The van der Waals surface area contributed by atoms with Crippen LogP contribution in [-0.4, -0.2) is 29.5 Å². The van der Waals surface area contributed by atoms with Crippen LogP contribution in [0.15, 0.2) is 65.8 Å². The summed E-state index contributed by atoms with van der Waals surface area (Å²) >= 11 is -2.25. The largest absolute Gasteiger partial charge is 0.768 e. The molecule has 0 aliphatic carbocycles. The van der Waals surface area contributed by atoms with Gasteiger partial charge in [0.25, 0.3) is 5.91 Å². The summed E-state index contributed by atoms with van der Waals surface area (Å²) in [6.07, 6.45) is 3.52. The number of amides is 1. The van der Waals surface area contributed by atoms with Crippen LogP contribution in [0.25, 0.3) is 0 Å². The van der Waals surface area contributed by atoms with E-state index in [1.54, 1.807) is 41.6 Å². The lowest BCUT2D eigenvalue weighted by Gasteiger charge is -2.15. The Morgan fingerprint density at radius 3 is 2.64 bits per heavy atom. The maximum absolute atomic E-state index is 12.6. The predicted octanol–water partition coefficient (Wildman–Crippen LogP) is 2.48. The fraction of sp³-hybridized carbons (Fsp3) is 0.150. The standard InChI is InChI=1S/C20H18N4O3S/c25-20-17-7-8-19(22-11-15-2-1-9-21-10-15)23-18(17)13-24(20)12-14-3-5-16(6-4-14)28(26)27/h1-10H,11-13H2,(H,22,23)(H,26,27)/p-1. The van der Waals surface area contributed by atoms with E-state index in [9.17, 15) is 13.6 Å². The van der Waals surface area contributed by atoms with Gasteiger partial charge in [-0.15, -0.1) is 0 Å². The molecule has 1 atom stereocenters. The molecular formula is C20H17N4O3S-. The number of pyridine rings is 2. The third-order valence-electron chi connectivity index (χ3n) is 4.52. The Kier molecular flexibility index (Phi) is 5.14. The zero-order chi connectivity index (χ0) is 19.5. The minimum Gasteiger partial charge on any atom is -0.768 e. The number of rotatable bonds is 6. The topological polar surface area (TPSA) is 98.2 Å². The Balaban J connectivity index is 1.43. The van der Waals surface area contributed by atoms with Crippen molar-refractivity contribution < 1.29 is 13.6 Å². The third kappa shape index (κ3) is 3.92. The molecule has 0 fully saturated rings. The number of fused-ring (bicyclic) bond motifs is 1. The first-order valence-corrected chi connectivity index (χ1v) is 9.78. The average Bonchev–Trinajstić information content (AvgIpc) is 3.02. The number of carbonyl (C=O) groups excluding carboxylic acids is 1. The molecule has 1 amide bonds. The molecule has 142 valence electrons. The van der Waals surface area contributed by atoms with E-state index in [2.05, 4.69) is 15.3 Å². The summed E-state index contributed by atoms with van der Waals surface area (Å²) in [5.74, 6) is 0.636. The van der Waals surface area contributed by atoms with E-state index in [1.165, 1.54) is 12.1 Å². The molecule has 0 spiro atoms.